The minimum Gasteiger partial charge on any atom is -0.481 e. The van der Waals surface area contributed by atoms with Gasteiger partial charge in [-0.15, -0.1) is 10.2 Å². The average molecular weight is 384 g/mol. The number of carboxylic acid groups (broad SMARTS) is 1. The lowest BCUT2D eigenvalue weighted by molar-refractivity contribution is -0.133. The Labute approximate surface area is 151 Å². The molecule has 0 aliphatic rings. The lowest BCUT2D eigenvalue weighted by atomic mass is 10.2. The average Bonchev–Trinajstić information content (AvgIpc) is 3.16. The molecule has 0 spiro atoms. The molecule has 0 fully saturated rings. The van der Waals surface area contributed by atoms with Gasteiger partial charge in [-0.25, -0.2) is 0 Å². The summed E-state index contributed by atoms with van der Waals surface area (Å²) in [5.74, 6) is 0.155. The molecule has 3 rings (SSSR count). The number of nitrogens with zero attached hydrogens (tertiary/aromatic N) is 3. The fourth-order valence-electron chi connectivity index (χ4n) is 2.09. The molecular weight excluding hydrogens is 373 g/mol. The van der Waals surface area contributed by atoms with Gasteiger partial charge in [-0.2, -0.15) is 0 Å². The molecule has 0 saturated carbocycles. The second kappa shape index (κ2) is 7.29. The van der Waals surface area contributed by atoms with Crippen LogP contribution in [0.5, 0.6) is 0 Å². The van der Waals surface area contributed by atoms with Crippen molar-refractivity contribution in [3.8, 4) is 11.4 Å². The van der Waals surface area contributed by atoms with E-state index in [-0.39, 0.29) is 5.75 Å². The van der Waals surface area contributed by atoms with E-state index in [0.717, 1.165) is 11.8 Å². The van der Waals surface area contributed by atoms with Crippen LogP contribution in [0.1, 0.15) is 5.76 Å². The van der Waals surface area contributed by atoms with Gasteiger partial charge in [0.2, 0.25) is 0 Å². The number of carbonyl (C=O) groups is 1. The Kier molecular flexibility index (Phi) is 5.13. The molecule has 1 aromatic carbocycles. The predicted molar refractivity (Wildman–Crippen MR) is 91.6 cm³/mol. The molecule has 2 aromatic heterocycles. The molecule has 0 amide bonds. The molecule has 24 heavy (non-hydrogen) atoms. The van der Waals surface area contributed by atoms with Gasteiger partial charge in [0.25, 0.3) is 0 Å². The van der Waals surface area contributed by atoms with E-state index in [0.29, 0.717) is 38.9 Å². The zero-order chi connectivity index (χ0) is 17.1. The van der Waals surface area contributed by atoms with E-state index >= 15 is 0 Å². The molecule has 0 unspecified atom stereocenters. The predicted octanol–water partition coefficient (Wildman–Crippen LogP) is 4.07. The maximum Gasteiger partial charge on any atom is 0.313 e. The van der Waals surface area contributed by atoms with E-state index < -0.39 is 5.97 Å². The largest absolute Gasteiger partial charge is 0.481 e. The summed E-state index contributed by atoms with van der Waals surface area (Å²) in [6, 6.07) is 8.67. The maximum atomic E-state index is 10.8. The van der Waals surface area contributed by atoms with Crippen molar-refractivity contribution < 1.29 is 14.3 Å². The summed E-state index contributed by atoms with van der Waals surface area (Å²) >= 11 is 13.3. The third kappa shape index (κ3) is 3.75. The highest BCUT2D eigenvalue weighted by molar-refractivity contribution is 7.99. The molecule has 0 atom stereocenters. The first-order valence-electron chi connectivity index (χ1n) is 6.80. The Morgan fingerprint density at radius 1 is 1.29 bits per heavy atom. The number of benzene rings is 1. The number of rotatable bonds is 6. The summed E-state index contributed by atoms with van der Waals surface area (Å²) in [4.78, 5) is 10.8. The van der Waals surface area contributed by atoms with Crippen LogP contribution >= 0.6 is 35.0 Å². The Hall–Kier alpha value is -1.96. The SMILES string of the molecule is O=C(O)CSc1nnc(-c2ccc(Cl)cc2Cl)n1Cc1ccco1. The molecule has 124 valence electrons. The van der Waals surface area contributed by atoms with Crippen molar-refractivity contribution in [2.75, 3.05) is 5.75 Å². The molecule has 0 saturated heterocycles. The van der Waals surface area contributed by atoms with E-state index in [9.17, 15) is 4.79 Å². The normalized spacial score (nSPS) is 10.9. The van der Waals surface area contributed by atoms with Crippen molar-refractivity contribution in [2.24, 2.45) is 0 Å². The van der Waals surface area contributed by atoms with E-state index in [2.05, 4.69) is 10.2 Å². The molecule has 2 heterocycles. The number of halogens is 2. The number of carboxylic acids is 1. The van der Waals surface area contributed by atoms with Crippen molar-refractivity contribution in [3.05, 3.63) is 52.4 Å². The molecule has 0 aliphatic heterocycles. The summed E-state index contributed by atoms with van der Waals surface area (Å²) in [6.07, 6.45) is 1.57. The summed E-state index contributed by atoms with van der Waals surface area (Å²) in [5, 5.41) is 18.6. The lowest BCUT2D eigenvalue weighted by Gasteiger charge is -2.09. The van der Waals surface area contributed by atoms with Gasteiger partial charge in [-0.05, 0) is 30.3 Å². The standard InChI is InChI=1S/C15H11Cl2N3O3S/c16-9-3-4-11(12(17)6-9)14-18-19-15(24-8-13(21)22)20(14)7-10-2-1-5-23-10/h1-6H,7-8H2,(H,21,22). The summed E-state index contributed by atoms with van der Waals surface area (Å²) < 4.78 is 7.14. The molecule has 0 radical (unpaired) electrons. The van der Waals surface area contributed by atoms with Crippen LogP contribution in [-0.2, 0) is 11.3 Å². The van der Waals surface area contributed by atoms with Gasteiger partial charge in [0.05, 0.1) is 23.6 Å². The van der Waals surface area contributed by atoms with Crippen molar-refractivity contribution in [2.45, 2.75) is 11.7 Å². The Morgan fingerprint density at radius 3 is 2.79 bits per heavy atom. The van der Waals surface area contributed by atoms with Crippen molar-refractivity contribution >= 4 is 40.9 Å². The molecule has 1 N–H and O–H groups in total. The minimum absolute atomic E-state index is 0.120. The van der Waals surface area contributed by atoms with Crippen LogP contribution in [0.3, 0.4) is 0 Å². The van der Waals surface area contributed by atoms with Gasteiger partial charge < -0.3 is 9.52 Å². The molecule has 3 aromatic rings. The van der Waals surface area contributed by atoms with Crippen LogP contribution < -0.4 is 0 Å². The summed E-state index contributed by atoms with van der Waals surface area (Å²) in [7, 11) is 0. The highest BCUT2D eigenvalue weighted by atomic mass is 35.5. The van der Waals surface area contributed by atoms with Crippen LogP contribution in [-0.4, -0.2) is 31.6 Å². The van der Waals surface area contributed by atoms with E-state index in [1.807, 2.05) is 6.07 Å². The van der Waals surface area contributed by atoms with Crippen LogP contribution in [0, 0.1) is 0 Å². The zero-order valence-corrected chi connectivity index (χ0v) is 14.5. The van der Waals surface area contributed by atoms with Crippen LogP contribution in [0.2, 0.25) is 10.0 Å². The van der Waals surface area contributed by atoms with Crippen LogP contribution in [0.15, 0.2) is 46.2 Å². The Balaban J connectivity index is 2.02. The maximum absolute atomic E-state index is 10.8. The van der Waals surface area contributed by atoms with Crippen molar-refractivity contribution in [1.82, 2.24) is 14.8 Å². The fourth-order valence-corrected chi connectivity index (χ4v) is 3.24. The highest BCUT2D eigenvalue weighted by Gasteiger charge is 2.18. The highest BCUT2D eigenvalue weighted by Crippen LogP contribution is 2.32. The number of furan rings is 1. The summed E-state index contributed by atoms with van der Waals surface area (Å²) in [6.45, 7) is 0.357. The van der Waals surface area contributed by atoms with Crippen molar-refractivity contribution in [1.29, 1.82) is 0 Å². The van der Waals surface area contributed by atoms with Crippen molar-refractivity contribution in [3.63, 3.8) is 0 Å². The molecular formula is C15H11Cl2N3O3S. The lowest BCUT2D eigenvalue weighted by Crippen LogP contribution is -2.05. The van der Waals surface area contributed by atoms with Gasteiger partial charge in [0.15, 0.2) is 11.0 Å². The second-order valence-corrected chi connectivity index (χ2v) is 6.56. The molecule has 6 nitrogen and oxygen atoms in total. The number of hydrogen-bond acceptors (Lipinski definition) is 5. The minimum atomic E-state index is -0.932. The first kappa shape index (κ1) is 16.9. The van der Waals surface area contributed by atoms with Crippen LogP contribution in [0.25, 0.3) is 11.4 Å². The summed E-state index contributed by atoms with van der Waals surface area (Å²) in [5.41, 5.74) is 0.655. The van der Waals surface area contributed by atoms with Gasteiger partial charge in [0, 0.05) is 10.6 Å². The quantitative estimate of drug-likeness (QED) is 0.646. The monoisotopic (exact) mass is 383 g/mol. The topological polar surface area (TPSA) is 81.1 Å². The third-order valence-electron chi connectivity index (χ3n) is 3.11. The smallest absolute Gasteiger partial charge is 0.313 e. The second-order valence-electron chi connectivity index (χ2n) is 4.78. The van der Waals surface area contributed by atoms with E-state index in [4.69, 9.17) is 32.7 Å². The number of aliphatic carboxylic acids is 1. The third-order valence-corrected chi connectivity index (χ3v) is 4.61. The van der Waals surface area contributed by atoms with Gasteiger partial charge >= 0.3 is 5.97 Å². The zero-order valence-electron chi connectivity index (χ0n) is 12.1. The van der Waals surface area contributed by atoms with Gasteiger partial charge in [-0.1, -0.05) is 35.0 Å². The molecule has 9 heteroatoms. The number of hydrogen-bond donors (Lipinski definition) is 1. The Morgan fingerprint density at radius 2 is 2.12 bits per heavy atom. The van der Waals surface area contributed by atoms with E-state index in [1.165, 1.54) is 0 Å². The number of aromatic nitrogens is 3. The first-order chi connectivity index (χ1) is 11.5. The molecule has 0 bridgehead atoms. The van der Waals surface area contributed by atoms with E-state index in [1.54, 1.807) is 35.1 Å². The van der Waals surface area contributed by atoms with Gasteiger partial charge in [0.1, 0.15) is 5.76 Å². The number of thioether (sulfide) groups is 1. The first-order valence-corrected chi connectivity index (χ1v) is 8.54. The van der Waals surface area contributed by atoms with Crippen LogP contribution in [0.4, 0.5) is 0 Å². The fraction of sp³-hybridized carbons (Fsp3) is 0.133. The van der Waals surface area contributed by atoms with Gasteiger partial charge in [-0.3, -0.25) is 9.36 Å². The Bertz CT molecular complexity index is 865. The molecule has 0 aliphatic carbocycles.